The Hall–Kier alpha value is -1.85. The predicted octanol–water partition coefficient (Wildman–Crippen LogP) is 1.33. The molecule has 8 nitrogen and oxygen atoms in total. The normalized spacial score (nSPS) is 28.7. The maximum Gasteiger partial charge on any atom is 0.347 e. The van der Waals surface area contributed by atoms with Crippen molar-refractivity contribution in [3.63, 3.8) is 0 Å². The third kappa shape index (κ3) is 3.71. The van der Waals surface area contributed by atoms with Crippen LogP contribution < -0.4 is 5.73 Å². The van der Waals surface area contributed by atoms with Crippen LogP contribution in [0.5, 0.6) is 0 Å². The van der Waals surface area contributed by atoms with Crippen LogP contribution in [-0.2, 0) is 33.1 Å². The first-order chi connectivity index (χ1) is 13.8. The van der Waals surface area contributed by atoms with Gasteiger partial charge in [-0.05, 0) is 18.6 Å². The highest BCUT2D eigenvalue weighted by molar-refractivity contribution is 7.85. The van der Waals surface area contributed by atoms with Crippen molar-refractivity contribution in [1.29, 1.82) is 0 Å². The summed E-state index contributed by atoms with van der Waals surface area (Å²) in [4.78, 5) is 4.09. The van der Waals surface area contributed by atoms with Gasteiger partial charge in [0.15, 0.2) is 12.5 Å². The lowest BCUT2D eigenvalue weighted by atomic mass is 10.1. The van der Waals surface area contributed by atoms with Gasteiger partial charge in [0.1, 0.15) is 18.9 Å². The lowest BCUT2D eigenvalue weighted by molar-refractivity contribution is -0.834. The number of likely N-dealkylation sites (tertiary alicyclic amines) is 1. The number of hydrogen-bond acceptors (Lipinski definition) is 6. The Kier molecular flexibility index (Phi) is 5.47. The molecule has 2 aliphatic rings. The minimum absolute atomic E-state index is 0.0244. The Balaban J connectivity index is 1.73. The maximum absolute atomic E-state index is 13.7. The zero-order valence-corrected chi connectivity index (χ0v) is 17.1. The monoisotopic (exact) mass is 425 g/mol. The molecule has 2 saturated heterocycles. The van der Waals surface area contributed by atoms with Gasteiger partial charge in [0.2, 0.25) is 5.03 Å². The molecular weight excluding hydrogens is 399 g/mol. The standard InChI is InChI=1S/C19H26FN4O4S/c1-23-10-18(22-13-23)29(25,26)24(11-14-3-5-16(20)6-4-14)12-15(9-17(24)21)19-27-7-2-8-28-19/h3-6,10,13,15,17,19H,2,7-9,11-12,21H2,1H3/q+1/t15-,17?,24?/m0/s1. The fourth-order valence-electron chi connectivity index (χ4n) is 4.23. The molecule has 0 bridgehead atoms. The molecule has 0 amide bonds. The van der Waals surface area contributed by atoms with E-state index in [1.807, 2.05) is 0 Å². The van der Waals surface area contributed by atoms with Crippen LogP contribution in [-0.4, -0.2) is 54.1 Å². The van der Waals surface area contributed by atoms with E-state index in [1.165, 1.54) is 24.7 Å². The van der Waals surface area contributed by atoms with Crippen LogP contribution in [0.4, 0.5) is 4.39 Å². The minimum atomic E-state index is -3.93. The molecule has 10 heteroatoms. The quantitative estimate of drug-likeness (QED) is 0.726. The van der Waals surface area contributed by atoms with Crippen LogP contribution in [0.15, 0.2) is 41.8 Å². The lowest BCUT2D eigenvalue weighted by Gasteiger charge is -2.36. The lowest BCUT2D eigenvalue weighted by Crippen LogP contribution is -2.58. The van der Waals surface area contributed by atoms with Crippen LogP contribution in [0.2, 0.25) is 0 Å². The smallest absolute Gasteiger partial charge is 0.347 e. The van der Waals surface area contributed by atoms with Gasteiger partial charge in [-0.3, -0.25) is 5.73 Å². The second-order valence-electron chi connectivity index (χ2n) is 7.80. The van der Waals surface area contributed by atoms with Crippen molar-refractivity contribution < 1.29 is 26.2 Å². The summed E-state index contributed by atoms with van der Waals surface area (Å²) in [5.41, 5.74) is 7.18. The number of ether oxygens (including phenoxy) is 2. The van der Waals surface area contributed by atoms with E-state index in [0.717, 1.165) is 6.42 Å². The molecule has 2 aromatic rings. The van der Waals surface area contributed by atoms with Crippen molar-refractivity contribution in [3.8, 4) is 0 Å². The molecule has 1 aromatic carbocycles. The van der Waals surface area contributed by atoms with Gasteiger partial charge < -0.3 is 14.0 Å². The number of nitrogens with two attached hydrogens (primary N) is 1. The second kappa shape index (κ2) is 7.77. The largest absolute Gasteiger partial charge is 0.352 e. The summed E-state index contributed by atoms with van der Waals surface area (Å²) in [5, 5.41) is -0.0244. The van der Waals surface area contributed by atoms with Crippen molar-refractivity contribution in [1.82, 2.24) is 9.55 Å². The van der Waals surface area contributed by atoms with Crippen LogP contribution in [0.25, 0.3) is 0 Å². The topological polar surface area (TPSA) is 96.4 Å². The molecule has 0 aliphatic carbocycles. The number of nitrogens with zero attached hydrogens (tertiary/aromatic N) is 3. The highest BCUT2D eigenvalue weighted by Crippen LogP contribution is 2.40. The fraction of sp³-hybridized carbons (Fsp3) is 0.526. The third-order valence-corrected chi connectivity index (χ3v) is 7.96. The second-order valence-corrected chi connectivity index (χ2v) is 9.89. The van der Waals surface area contributed by atoms with E-state index in [9.17, 15) is 12.8 Å². The van der Waals surface area contributed by atoms with Gasteiger partial charge in [-0.25, -0.2) is 9.37 Å². The number of sulfonamides is 1. The summed E-state index contributed by atoms with van der Waals surface area (Å²) in [6.45, 7) is 1.52. The summed E-state index contributed by atoms with van der Waals surface area (Å²) in [6.07, 6.45) is 3.03. The number of aromatic nitrogens is 2. The molecule has 2 N–H and O–H groups in total. The van der Waals surface area contributed by atoms with Crippen molar-refractivity contribution in [2.75, 3.05) is 19.8 Å². The number of imidazole rings is 1. The molecule has 1 aromatic heterocycles. The van der Waals surface area contributed by atoms with E-state index < -0.39 is 26.4 Å². The maximum atomic E-state index is 13.7. The molecule has 0 spiro atoms. The molecule has 0 saturated carbocycles. The van der Waals surface area contributed by atoms with Gasteiger partial charge in [0.05, 0.1) is 25.5 Å². The Bertz CT molecular complexity index is 959. The van der Waals surface area contributed by atoms with Crippen molar-refractivity contribution >= 4 is 10.0 Å². The molecule has 2 fully saturated rings. The summed E-state index contributed by atoms with van der Waals surface area (Å²) >= 11 is 0. The molecule has 3 atom stereocenters. The van der Waals surface area contributed by atoms with E-state index in [0.29, 0.717) is 25.2 Å². The van der Waals surface area contributed by atoms with Crippen molar-refractivity contribution in [3.05, 3.63) is 48.2 Å². The highest BCUT2D eigenvalue weighted by Gasteiger charge is 2.57. The number of quaternary nitrogens is 1. The minimum Gasteiger partial charge on any atom is -0.352 e. The molecule has 29 heavy (non-hydrogen) atoms. The molecule has 2 unspecified atom stereocenters. The Morgan fingerprint density at radius 2 is 1.97 bits per heavy atom. The van der Waals surface area contributed by atoms with Crippen molar-refractivity contribution in [2.24, 2.45) is 18.7 Å². The van der Waals surface area contributed by atoms with Gasteiger partial charge in [-0.2, -0.15) is 12.3 Å². The Morgan fingerprint density at radius 3 is 2.59 bits per heavy atom. The third-order valence-electron chi connectivity index (χ3n) is 5.72. The number of halogens is 1. The van der Waals surface area contributed by atoms with E-state index in [1.54, 1.807) is 23.7 Å². The summed E-state index contributed by atoms with van der Waals surface area (Å²) < 4.78 is 53.5. The van der Waals surface area contributed by atoms with Gasteiger partial charge >= 0.3 is 10.0 Å². The van der Waals surface area contributed by atoms with Crippen LogP contribution >= 0.6 is 0 Å². The van der Waals surface area contributed by atoms with Gasteiger partial charge in [-0.1, -0.05) is 12.1 Å². The first-order valence-corrected chi connectivity index (χ1v) is 11.1. The molecule has 3 heterocycles. The summed E-state index contributed by atoms with van der Waals surface area (Å²) in [6, 6.07) is 5.84. The Labute approximate surface area is 169 Å². The SMILES string of the molecule is Cn1cnc(S(=O)(=O)[N+]2(Cc3ccc(F)cc3)C[C@@H](C3OCCCO3)CC2N)c1. The molecule has 2 aliphatic heterocycles. The highest BCUT2D eigenvalue weighted by atomic mass is 32.2. The Morgan fingerprint density at radius 1 is 1.28 bits per heavy atom. The average Bonchev–Trinajstić information content (AvgIpc) is 3.29. The first-order valence-electron chi connectivity index (χ1n) is 9.65. The number of aryl methyl sites for hydroxylation is 1. The number of benzene rings is 1. The van der Waals surface area contributed by atoms with Crippen LogP contribution in [0, 0.1) is 11.7 Å². The summed E-state index contributed by atoms with van der Waals surface area (Å²) in [5.74, 6) is -0.537. The van der Waals surface area contributed by atoms with Gasteiger partial charge in [0.25, 0.3) is 0 Å². The van der Waals surface area contributed by atoms with Gasteiger partial charge in [0, 0.05) is 25.2 Å². The molecule has 158 valence electrons. The van der Waals surface area contributed by atoms with E-state index in [2.05, 4.69) is 4.98 Å². The van der Waals surface area contributed by atoms with Crippen molar-refractivity contribution in [2.45, 2.75) is 36.9 Å². The zero-order valence-electron chi connectivity index (χ0n) is 16.3. The zero-order chi connectivity index (χ0) is 20.6. The van der Waals surface area contributed by atoms with Crippen LogP contribution in [0.3, 0.4) is 0 Å². The van der Waals surface area contributed by atoms with Gasteiger partial charge in [-0.15, -0.1) is 0 Å². The average molecular weight is 426 g/mol. The number of rotatable bonds is 5. The predicted molar refractivity (Wildman–Crippen MR) is 102 cm³/mol. The molecular formula is C19H26FN4O4S+. The first kappa shape index (κ1) is 20.4. The van der Waals surface area contributed by atoms with E-state index in [4.69, 9.17) is 15.2 Å². The fourth-order valence-corrected chi connectivity index (χ4v) is 6.24. The van der Waals surface area contributed by atoms with Crippen LogP contribution in [0.1, 0.15) is 18.4 Å². The molecule has 4 rings (SSSR count). The van der Waals surface area contributed by atoms with E-state index in [-0.39, 0.29) is 29.9 Å². The summed E-state index contributed by atoms with van der Waals surface area (Å²) in [7, 11) is -2.22. The molecule has 0 radical (unpaired) electrons. The van der Waals surface area contributed by atoms with E-state index >= 15 is 0 Å². The number of hydrogen-bond donors (Lipinski definition) is 1.